The van der Waals surface area contributed by atoms with E-state index in [9.17, 15) is 4.79 Å². The van der Waals surface area contributed by atoms with Crippen molar-refractivity contribution in [2.45, 2.75) is 46.7 Å². The fourth-order valence-electron chi connectivity index (χ4n) is 4.70. The molecule has 0 saturated heterocycles. The highest BCUT2D eigenvalue weighted by Gasteiger charge is 2.28. The normalized spacial score (nSPS) is 13.7. The monoisotopic (exact) mass is 460 g/mol. The third kappa shape index (κ3) is 5.33. The number of likely N-dealkylation sites (N-methyl/N-ethyl adjacent to an activating group) is 1. The van der Waals surface area contributed by atoms with Crippen molar-refractivity contribution in [3.8, 4) is 11.4 Å². The van der Waals surface area contributed by atoms with Crippen LogP contribution in [0.15, 0.2) is 54.6 Å². The summed E-state index contributed by atoms with van der Waals surface area (Å²) in [5, 5.41) is 5.09. The average molecular weight is 461 g/mol. The Balaban J connectivity index is 1.70. The smallest absolute Gasteiger partial charge is 0.227 e. The summed E-state index contributed by atoms with van der Waals surface area (Å²) in [6, 6.07) is 18.0. The predicted molar refractivity (Wildman–Crippen MR) is 135 cm³/mol. The second kappa shape index (κ2) is 10.9. The van der Waals surface area contributed by atoms with Crippen molar-refractivity contribution in [3.05, 3.63) is 77.1 Å². The van der Waals surface area contributed by atoms with E-state index in [0.717, 1.165) is 48.7 Å². The number of hydrogen-bond acceptors (Lipinski definition) is 4. The first-order valence-corrected chi connectivity index (χ1v) is 12.3. The quantitative estimate of drug-likeness (QED) is 0.472. The average Bonchev–Trinajstić information content (AvgIpc) is 3.21. The van der Waals surface area contributed by atoms with Gasteiger partial charge in [-0.15, -0.1) is 0 Å². The van der Waals surface area contributed by atoms with E-state index in [2.05, 4.69) is 31.7 Å². The molecule has 0 spiro atoms. The lowest BCUT2D eigenvalue weighted by Crippen LogP contribution is -2.36. The minimum Gasteiger partial charge on any atom is -0.494 e. The van der Waals surface area contributed by atoms with Crippen molar-refractivity contribution in [2.24, 2.45) is 5.92 Å². The molecule has 4 rings (SSSR count). The molecule has 0 fully saturated rings. The lowest BCUT2D eigenvalue weighted by Gasteiger charge is -2.28. The van der Waals surface area contributed by atoms with Crippen molar-refractivity contribution in [2.75, 3.05) is 26.7 Å². The van der Waals surface area contributed by atoms with Crippen LogP contribution in [0.25, 0.3) is 5.69 Å². The lowest BCUT2D eigenvalue weighted by atomic mass is 10.0. The van der Waals surface area contributed by atoms with E-state index in [4.69, 9.17) is 9.84 Å². The molecule has 6 heteroatoms. The van der Waals surface area contributed by atoms with Gasteiger partial charge in [0.2, 0.25) is 5.91 Å². The molecule has 6 nitrogen and oxygen atoms in total. The van der Waals surface area contributed by atoms with Gasteiger partial charge >= 0.3 is 0 Å². The van der Waals surface area contributed by atoms with E-state index in [1.807, 2.05) is 58.1 Å². The Morgan fingerprint density at radius 3 is 2.56 bits per heavy atom. The summed E-state index contributed by atoms with van der Waals surface area (Å²) in [5.74, 6) is 1.32. The van der Waals surface area contributed by atoms with Gasteiger partial charge < -0.3 is 9.64 Å². The Labute approximate surface area is 203 Å². The summed E-state index contributed by atoms with van der Waals surface area (Å²) in [6.07, 6.45) is 1.33. The maximum absolute atomic E-state index is 13.4. The fraction of sp³-hybridized carbons (Fsp3) is 0.429. The Morgan fingerprint density at radius 2 is 1.85 bits per heavy atom. The molecule has 2 aromatic carbocycles. The van der Waals surface area contributed by atoms with E-state index < -0.39 is 0 Å². The second-order valence-corrected chi connectivity index (χ2v) is 9.40. The highest BCUT2D eigenvalue weighted by Crippen LogP contribution is 2.30. The Morgan fingerprint density at radius 1 is 1.12 bits per heavy atom. The van der Waals surface area contributed by atoms with E-state index in [0.29, 0.717) is 25.4 Å². The second-order valence-electron chi connectivity index (χ2n) is 9.40. The summed E-state index contributed by atoms with van der Waals surface area (Å²) < 4.78 is 7.69. The largest absolute Gasteiger partial charge is 0.494 e. The van der Waals surface area contributed by atoms with Gasteiger partial charge in [0.25, 0.3) is 0 Å². The van der Waals surface area contributed by atoms with Crippen LogP contribution >= 0.6 is 0 Å². The molecule has 0 bridgehead atoms. The zero-order valence-electron chi connectivity index (χ0n) is 20.8. The number of nitrogens with zero attached hydrogens (tertiary/aromatic N) is 4. The summed E-state index contributed by atoms with van der Waals surface area (Å²) in [5.41, 5.74) is 5.45. The summed E-state index contributed by atoms with van der Waals surface area (Å²) in [4.78, 5) is 17.8. The molecule has 34 heavy (non-hydrogen) atoms. The molecule has 1 aromatic heterocycles. The first-order chi connectivity index (χ1) is 16.5. The number of aromatic nitrogens is 2. The van der Waals surface area contributed by atoms with E-state index in [1.165, 1.54) is 11.3 Å². The molecule has 0 unspecified atom stereocenters. The molecule has 0 saturated carbocycles. The number of carbonyl (C=O) groups excluding carboxylic acids is 1. The number of benzene rings is 2. The zero-order valence-corrected chi connectivity index (χ0v) is 20.8. The molecule has 180 valence electrons. The highest BCUT2D eigenvalue weighted by molar-refractivity contribution is 5.78. The molecule has 0 radical (unpaired) electrons. The number of fused-ring (bicyclic) bond motifs is 1. The first kappa shape index (κ1) is 24.0. The Kier molecular flexibility index (Phi) is 7.68. The van der Waals surface area contributed by atoms with Crippen molar-refractivity contribution in [1.29, 1.82) is 0 Å². The maximum Gasteiger partial charge on any atom is 0.227 e. The SMILES string of the molecule is CCN1CCc2c(c(CN(CC(C)C)C(=O)Cc3ccccc3)nn2-c2ccccc2OC)C1. The van der Waals surface area contributed by atoms with E-state index >= 15 is 0 Å². The predicted octanol–water partition coefficient (Wildman–Crippen LogP) is 4.49. The highest BCUT2D eigenvalue weighted by atomic mass is 16.5. The Hall–Kier alpha value is -3.12. The van der Waals surface area contributed by atoms with Gasteiger partial charge in [0.1, 0.15) is 11.4 Å². The molecule has 0 aliphatic carbocycles. The third-order valence-corrected chi connectivity index (χ3v) is 6.46. The summed E-state index contributed by atoms with van der Waals surface area (Å²) in [6.45, 7) is 10.6. The van der Waals surface area contributed by atoms with Crippen LogP contribution in [0.3, 0.4) is 0 Å². The van der Waals surface area contributed by atoms with Crippen molar-refractivity contribution in [3.63, 3.8) is 0 Å². The van der Waals surface area contributed by atoms with Gasteiger partial charge in [0, 0.05) is 31.6 Å². The van der Waals surface area contributed by atoms with Crippen molar-refractivity contribution in [1.82, 2.24) is 19.6 Å². The Bertz CT molecular complexity index is 1110. The van der Waals surface area contributed by atoms with Crippen LogP contribution in [-0.4, -0.2) is 52.2 Å². The van der Waals surface area contributed by atoms with Crippen LogP contribution < -0.4 is 4.74 Å². The number of ether oxygens (including phenoxy) is 1. The van der Waals surface area contributed by atoms with Crippen LogP contribution in [-0.2, 0) is 30.7 Å². The van der Waals surface area contributed by atoms with Crippen LogP contribution in [0, 0.1) is 5.92 Å². The number of carbonyl (C=O) groups is 1. The van der Waals surface area contributed by atoms with Gasteiger partial charge in [0.05, 0.1) is 31.5 Å². The van der Waals surface area contributed by atoms with Gasteiger partial charge in [-0.2, -0.15) is 5.10 Å². The standard InChI is InChI=1S/C28H36N4O2/c1-5-30-16-15-25-23(19-30)24(29-32(25)26-13-9-10-14-27(26)34-4)20-31(18-21(2)3)28(33)17-22-11-7-6-8-12-22/h6-14,21H,5,15-20H2,1-4H3. The molecule has 2 heterocycles. The minimum absolute atomic E-state index is 0.142. The number of para-hydroxylation sites is 2. The van der Waals surface area contributed by atoms with Gasteiger partial charge in [-0.25, -0.2) is 4.68 Å². The molecule has 0 N–H and O–H groups in total. The molecular weight excluding hydrogens is 424 g/mol. The number of amides is 1. The van der Waals surface area contributed by atoms with E-state index in [1.54, 1.807) is 7.11 Å². The zero-order chi connectivity index (χ0) is 24.1. The van der Waals surface area contributed by atoms with Crippen LogP contribution in [0.5, 0.6) is 5.75 Å². The van der Waals surface area contributed by atoms with Gasteiger partial charge in [-0.1, -0.05) is 63.2 Å². The molecule has 1 amide bonds. The van der Waals surface area contributed by atoms with E-state index in [-0.39, 0.29) is 5.91 Å². The van der Waals surface area contributed by atoms with Gasteiger partial charge in [0.15, 0.2) is 0 Å². The molecule has 0 atom stereocenters. The maximum atomic E-state index is 13.4. The molecule has 1 aliphatic heterocycles. The fourth-order valence-corrected chi connectivity index (χ4v) is 4.70. The molecular formula is C28H36N4O2. The van der Waals surface area contributed by atoms with Crippen molar-refractivity contribution < 1.29 is 9.53 Å². The third-order valence-electron chi connectivity index (χ3n) is 6.46. The summed E-state index contributed by atoms with van der Waals surface area (Å²) in [7, 11) is 1.70. The molecule has 1 aliphatic rings. The van der Waals surface area contributed by atoms with Crippen LogP contribution in [0.4, 0.5) is 0 Å². The first-order valence-electron chi connectivity index (χ1n) is 12.3. The van der Waals surface area contributed by atoms with Gasteiger partial charge in [-0.3, -0.25) is 9.69 Å². The van der Waals surface area contributed by atoms with Crippen LogP contribution in [0.1, 0.15) is 43.3 Å². The lowest BCUT2D eigenvalue weighted by molar-refractivity contribution is -0.131. The number of rotatable bonds is 9. The topological polar surface area (TPSA) is 50.6 Å². The summed E-state index contributed by atoms with van der Waals surface area (Å²) >= 11 is 0. The van der Waals surface area contributed by atoms with Gasteiger partial charge in [-0.05, 0) is 30.2 Å². The molecule has 3 aromatic rings. The number of methoxy groups -OCH3 is 1. The minimum atomic E-state index is 0.142. The van der Waals surface area contributed by atoms with Crippen LogP contribution in [0.2, 0.25) is 0 Å². The number of hydrogen-bond donors (Lipinski definition) is 0. The van der Waals surface area contributed by atoms with Crippen molar-refractivity contribution >= 4 is 5.91 Å².